The van der Waals surface area contributed by atoms with Crippen molar-refractivity contribution < 1.29 is 14.3 Å². The highest BCUT2D eigenvalue weighted by Crippen LogP contribution is 2.12. The highest BCUT2D eigenvalue weighted by atomic mass is 127. The summed E-state index contributed by atoms with van der Waals surface area (Å²) in [6, 6.07) is 0.0167. The van der Waals surface area contributed by atoms with Gasteiger partial charge in [-0.15, -0.1) is 24.0 Å². The maximum absolute atomic E-state index is 12.2. The van der Waals surface area contributed by atoms with Gasteiger partial charge in [0.05, 0.1) is 6.04 Å². The van der Waals surface area contributed by atoms with Gasteiger partial charge in [-0.3, -0.25) is 4.79 Å². The first kappa shape index (κ1) is 23.8. The molecule has 1 unspecified atom stereocenters. The van der Waals surface area contributed by atoms with Gasteiger partial charge in [-0.2, -0.15) is 0 Å². The van der Waals surface area contributed by atoms with Crippen LogP contribution in [-0.4, -0.2) is 78.7 Å². The summed E-state index contributed by atoms with van der Waals surface area (Å²) in [6.07, 6.45) is 2.60. The summed E-state index contributed by atoms with van der Waals surface area (Å²) in [6.45, 7) is 11.6. The van der Waals surface area contributed by atoms with E-state index in [0.717, 1.165) is 51.4 Å². The lowest BCUT2D eigenvalue weighted by Gasteiger charge is -2.23. The van der Waals surface area contributed by atoms with Gasteiger partial charge in [0.1, 0.15) is 12.1 Å². The third kappa shape index (κ3) is 8.10. The quantitative estimate of drug-likeness (QED) is 0.353. The van der Waals surface area contributed by atoms with Gasteiger partial charge in [0.2, 0.25) is 5.91 Å². The maximum atomic E-state index is 12.2. The molecule has 0 aliphatic carbocycles. The standard InChI is InChI=1S/C18H33N5O3.HI/c1-5-19-16(20-12-15(24)22-9-6-7-10-22)23-11-8-14(13-23)21-17(25)26-18(2,3)4;/h14H,5-13H2,1-4H3,(H,19,20)(H,21,25);1H. The van der Waals surface area contributed by atoms with Gasteiger partial charge in [0.25, 0.3) is 0 Å². The van der Waals surface area contributed by atoms with E-state index < -0.39 is 11.7 Å². The highest BCUT2D eigenvalue weighted by molar-refractivity contribution is 14.0. The Morgan fingerprint density at radius 3 is 2.41 bits per heavy atom. The summed E-state index contributed by atoms with van der Waals surface area (Å²) in [4.78, 5) is 32.6. The first-order valence-electron chi connectivity index (χ1n) is 9.59. The molecule has 0 aromatic carbocycles. The summed E-state index contributed by atoms with van der Waals surface area (Å²) in [5.41, 5.74) is -0.505. The van der Waals surface area contributed by atoms with Crippen LogP contribution in [0.15, 0.2) is 4.99 Å². The molecule has 2 amide bonds. The second-order valence-corrected chi connectivity index (χ2v) is 7.84. The Hall–Kier alpha value is -1.26. The molecule has 0 saturated carbocycles. The van der Waals surface area contributed by atoms with Gasteiger partial charge in [-0.1, -0.05) is 0 Å². The zero-order valence-corrected chi connectivity index (χ0v) is 19.2. The van der Waals surface area contributed by atoms with E-state index in [-0.39, 0.29) is 42.5 Å². The van der Waals surface area contributed by atoms with Crippen LogP contribution >= 0.6 is 24.0 Å². The number of hydrogen-bond donors (Lipinski definition) is 2. The Labute approximate surface area is 179 Å². The summed E-state index contributed by atoms with van der Waals surface area (Å²) in [5, 5.41) is 6.16. The molecule has 2 aliphatic rings. The molecular formula is C18H34IN5O3. The molecule has 2 aliphatic heterocycles. The molecule has 156 valence electrons. The van der Waals surface area contributed by atoms with Crippen molar-refractivity contribution in [2.75, 3.05) is 39.3 Å². The number of likely N-dealkylation sites (tertiary alicyclic amines) is 2. The Balaban J connectivity index is 0.00000364. The second-order valence-electron chi connectivity index (χ2n) is 7.84. The Morgan fingerprint density at radius 2 is 1.81 bits per heavy atom. The summed E-state index contributed by atoms with van der Waals surface area (Å²) in [5.74, 6) is 0.814. The minimum Gasteiger partial charge on any atom is -0.444 e. The van der Waals surface area contributed by atoms with E-state index in [1.807, 2.05) is 32.6 Å². The van der Waals surface area contributed by atoms with Crippen LogP contribution in [0, 0.1) is 0 Å². The molecule has 0 radical (unpaired) electrons. The van der Waals surface area contributed by atoms with Crippen LogP contribution in [0.1, 0.15) is 47.0 Å². The predicted molar refractivity (Wildman–Crippen MR) is 117 cm³/mol. The van der Waals surface area contributed by atoms with E-state index in [1.165, 1.54) is 0 Å². The predicted octanol–water partition coefficient (Wildman–Crippen LogP) is 1.79. The minimum absolute atomic E-state index is 0. The Kier molecular flexibility index (Phi) is 9.61. The number of nitrogens with zero attached hydrogens (tertiary/aromatic N) is 3. The van der Waals surface area contributed by atoms with Crippen LogP contribution in [0.4, 0.5) is 4.79 Å². The van der Waals surface area contributed by atoms with Crippen molar-refractivity contribution in [3.05, 3.63) is 0 Å². The lowest BCUT2D eigenvalue weighted by molar-refractivity contribution is -0.128. The molecule has 8 nitrogen and oxygen atoms in total. The number of rotatable bonds is 4. The average molecular weight is 495 g/mol. The maximum Gasteiger partial charge on any atom is 0.407 e. The van der Waals surface area contributed by atoms with Crippen LogP contribution in [0.25, 0.3) is 0 Å². The zero-order chi connectivity index (χ0) is 19.2. The molecule has 0 spiro atoms. The summed E-state index contributed by atoms with van der Waals surface area (Å²) >= 11 is 0. The van der Waals surface area contributed by atoms with Gasteiger partial charge in [0, 0.05) is 32.7 Å². The van der Waals surface area contributed by atoms with Crippen molar-refractivity contribution in [2.45, 2.75) is 58.6 Å². The first-order chi connectivity index (χ1) is 12.3. The van der Waals surface area contributed by atoms with Crippen molar-refractivity contribution in [2.24, 2.45) is 4.99 Å². The molecular weight excluding hydrogens is 461 g/mol. The van der Waals surface area contributed by atoms with Gasteiger partial charge >= 0.3 is 6.09 Å². The topological polar surface area (TPSA) is 86.3 Å². The Morgan fingerprint density at radius 1 is 1.15 bits per heavy atom. The fourth-order valence-electron chi connectivity index (χ4n) is 3.18. The fourth-order valence-corrected chi connectivity index (χ4v) is 3.18. The average Bonchev–Trinajstić information content (AvgIpc) is 3.20. The monoisotopic (exact) mass is 495 g/mol. The number of aliphatic imine (C=N–C) groups is 1. The van der Waals surface area contributed by atoms with Gasteiger partial charge in [-0.25, -0.2) is 9.79 Å². The number of hydrogen-bond acceptors (Lipinski definition) is 4. The van der Waals surface area contributed by atoms with Crippen molar-refractivity contribution in [3.63, 3.8) is 0 Å². The minimum atomic E-state index is -0.505. The lowest BCUT2D eigenvalue weighted by atomic mass is 10.2. The summed E-state index contributed by atoms with van der Waals surface area (Å²) in [7, 11) is 0. The molecule has 2 N–H and O–H groups in total. The highest BCUT2D eigenvalue weighted by Gasteiger charge is 2.28. The number of carbonyl (C=O) groups is 2. The number of ether oxygens (including phenoxy) is 1. The van der Waals surface area contributed by atoms with E-state index in [0.29, 0.717) is 6.54 Å². The normalized spacial score (nSPS) is 20.3. The summed E-state index contributed by atoms with van der Waals surface area (Å²) < 4.78 is 5.31. The molecule has 0 aromatic rings. The largest absolute Gasteiger partial charge is 0.444 e. The third-order valence-electron chi connectivity index (χ3n) is 4.37. The van der Waals surface area contributed by atoms with Crippen molar-refractivity contribution in [3.8, 4) is 0 Å². The lowest BCUT2D eigenvalue weighted by Crippen LogP contribution is -2.44. The van der Waals surface area contributed by atoms with Crippen LogP contribution in [0.5, 0.6) is 0 Å². The van der Waals surface area contributed by atoms with E-state index >= 15 is 0 Å². The molecule has 27 heavy (non-hydrogen) atoms. The molecule has 2 heterocycles. The third-order valence-corrected chi connectivity index (χ3v) is 4.37. The van der Waals surface area contributed by atoms with Crippen molar-refractivity contribution in [1.82, 2.24) is 20.4 Å². The number of amides is 2. The fraction of sp³-hybridized carbons (Fsp3) is 0.833. The Bertz CT molecular complexity index is 530. The number of guanidine groups is 1. The van der Waals surface area contributed by atoms with E-state index in [9.17, 15) is 9.59 Å². The van der Waals surface area contributed by atoms with Crippen molar-refractivity contribution in [1.29, 1.82) is 0 Å². The smallest absolute Gasteiger partial charge is 0.407 e. The van der Waals surface area contributed by atoms with E-state index in [4.69, 9.17) is 4.74 Å². The molecule has 9 heteroatoms. The first-order valence-corrected chi connectivity index (χ1v) is 9.59. The van der Waals surface area contributed by atoms with Crippen LogP contribution in [0.3, 0.4) is 0 Å². The number of halogens is 1. The molecule has 1 atom stereocenters. The van der Waals surface area contributed by atoms with E-state index in [2.05, 4.69) is 20.5 Å². The SMILES string of the molecule is CCNC(=NCC(=O)N1CCCC1)N1CCC(NC(=O)OC(C)(C)C)C1.I. The number of alkyl carbamates (subject to hydrolysis) is 1. The zero-order valence-electron chi connectivity index (χ0n) is 16.9. The number of carbonyl (C=O) groups excluding carboxylic acids is 2. The van der Waals surface area contributed by atoms with E-state index in [1.54, 1.807) is 0 Å². The molecule has 0 aromatic heterocycles. The van der Waals surface area contributed by atoms with Gasteiger partial charge < -0.3 is 25.2 Å². The van der Waals surface area contributed by atoms with Gasteiger partial charge in [0.15, 0.2) is 5.96 Å². The van der Waals surface area contributed by atoms with Crippen molar-refractivity contribution >= 4 is 41.9 Å². The second kappa shape index (κ2) is 10.9. The molecule has 2 rings (SSSR count). The van der Waals surface area contributed by atoms with Crippen LogP contribution in [-0.2, 0) is 9.53 Å². The van der Waals surface area contributed by atoms with Crippen LogP contribution < -0.4 is 10.6 Å². The molecule has 0 bridgehead atoms. The van der Waals surface area contributed by atoms with Crippen LogP contribution in [0.2, 0.25) is 0 Å². The number of nitrogens with one attached hydrogen (secondary N) is 2. The van der Waals surface area contributed by atoms with Gasteiger partial charge in [-0.05, 0) is 47.0 Å². The molecule has 2 saturated heterocycles. The molecule has 2 fully saturated rings.